The van der Waals surface area contributed by atoms with Gasteiger partial charge < -0.3 is 14.5 Å². The summed E-state index contributed by atoms with van der Waals surface area (Å²) in [7, 11) is 3.43. The van der Waals surface area contributed by atoms with Crippen molar-refractivity contribution in [3.63, 3.8) is 0 Å². The minimum absolute atomic E-state index is 0.153. The number of Topliss-reactive ketones (excluding diaryl/α,β-unsaturated/α-hetero) is 1. The maximum Gasteiger partial charge on any atom is 0.282 e. The molecule has 2 aliphatic heterocycles. The van der Waals surface area contributed by atoms with Crippen molar-refractivity contribution in [2.45, 2.75) is 37.8 Å². The smallest absolute Gasteiger partial charge is 0.282 e. The van der Waals surface area contributed by atoms with Gasteiger partial charge in [-0.25, -0.2) is 9.97 Å². The van der Waals surface area contributed by atoms with Crippen LogP contribution < -0.4 is 15.4 Å². The topological polar surface area (TPSA) is 80.6 Å². The number of carbonyl (C=O) groups excluding carboxylic acids is 1. The summed E-state index contributed by atoms with van der Waals surface area (Å²) < 4.78 is 6.90. The average molecular weight is 454 g/mol. The zero-order chi connectivity index (χ0) is 22.2. The summed E-state index contributed by atoms with van der Waals surface area (Å²) in [5.74, 6) is 0.876. The van der Waals surface area contributed by atoms with Gasteiger partial charge in [0.15, 0.2) is 21.3 Å². The molecule has 0 N–H and O–H groups in total. The van der Waals surface area contributed by atoms with E-state index in [9.17, 15) is 9.59 Å². The molecule has 5 rings (SSSR count). The zero-order valence-corrected chi connectivity index (χ0v) is 19.2. The van der Waals surface area contributed by atoms with Crippen LogP contribution in [-0.2, 0) is 23.0 Å². The van der Waals surface area contributed by atoms with Crippen LogP contribution in [0.2, 0.25) is 0 Å². The highest BCUT2D eigenvalue weighted by atomic mass is 32.1. The molecular weight excluding hydrogens is 426 g/mol. The number of methoxy groups -OCH3 is 1. The lowest BCUT2D eigenvalue weighted by molar-refractivity contribution is -0.120. The number of ketones is 1. The quantitative estimate of drug-likeness (QED) is 0.543. The Hall–Kier alpha value is -2.78. The van der Waals surface area contributed by atoms with Gasteiger partial charge in [-0.05, 0) is 24.8 Å². The normalized spacial score (nSPS) is 19.0. The molecule has 1 atom stereocenters. The van der Waals surface area contributed by atoms with E-state index < -0.39 is 0 Å². The van der Waals surface area contributed by atoms with Crippen LogP contribution in [0.5, 0.6) is 0 Å². The fourth-order valence-corrected chi connectivity index (χ4v) is 5.50. The molecule has 0 radical (unpaired) electrons. The van der Waals surface area contributed by atoms with Gasteiger partial charge in [0.25, 0.3) is 5.56 Å². The molecule has 2 saturated heterocycles. The van der Waals surface area contributed by atoms with E-state index in [1.807, 2.05) is 23.1 Å². The lowest BCUT2D eigenvalue weighted by Gasteiger charge is -2.39. The SMILES string of the molecule is COC1CN(c2nc3sc(N4CCC[C@@H]4C(=O)CCc4ccccc4)nc3c(=O)n2C)C1. The largest absolute Gasteiger partial charge is 0.378 e. The standard InChI is InChI=1S/C23H27N5O3S/c1-26-21(30)19-20(25-22(26)27-13-16(14-27)31-2)32-23(24-19)28-12-6-9-17(28)18(29)11-10-15-7-4-3-5-8-15/h3-5,7-8,16-17H,6,9-14H2,1-2H3/t17-/m1/s1. The van der Waals surface area contributed by atoms with Crippen molar-refractivity contribution in [1.29, 1.82) is 0 Å². The van der Waals surface area contributed by atoms with Crippen LogP contribution in [0, 0.1) is 0 Å². The van der Waals surface area contributed by atoms with E-state index in [1.54, 1.807) is 18.7 Å². The molecule has 0 spiro atoms. The number of ether oxygens (including phenoxy) is 1. The molecule has 1 aromatic carbocycles. The number of fused-ring (bicyclic) bond motifs is 1. The number of benzene rings is 1. The minimum Gasteiger partial charge on any atom is -0.378 e. The van der Waals surface area contributed by atoms with E-state index in [-0.39, 0.29) is 23.5 Å². The Morgan fingerprint density at radius 3 is 2.75 bits per heavy atom. The van der Waals surface area contributed by atoms with Crippen LogP contribution in [0.3, 0.4) is 0 Å². The maximum atomic E-state index is 13.0. The minimum atomic E-state index is -0.180. The van der Waals surface area contributed by atoms with Crippen LogP contribution in [0.25, 0.3) is 10.3 Å². The van der Waals surface area contributed by atoms with Crippen molar-refractivity contribution in [2.75, 3.05) is 36.5 Å². The molecule has 2 aromatic heterocycles. The van der Waals surface area contributed by atoms with Gasteiger partial charge >= 0.3 is 0 Å². The number of rotatable bonds is 7. The van der Waals surface area contributed by atoms with Gasteiger partial charge in [-0.1, -0.05) is 41.7 Å². The predicted octanol–water partition coefficient (Wildman–Crippen LogP) is 2.40. The molecule has 2 fully saturated rings. The highest BCUT2D eigenvalue weighted by Gasteiger charge is 2.34. The van der Waals surface area contributed by atoms with Crippen LogP contribution in [0.1, 0.15) is 24.8 Å². The number of hydrogen-bond donors (Lipinski definition) is 0. The summed E-state index contributed by atoms with van der Waals surface area (Å²) in [5.41, 5.74) is 1.40. The maximum absolute atomic E-state index is 13.0. The molecular formula is C23H27N5O3S. The Labute approximate surface area is 190 Å². The third-order valence-corrected chi connectivity index (χ3v) is 7.43. The molecule has 168 valence electrons. The molecule has 8 nitrogen and oxygen atoms in total. The van der Waals surface area contributed by atoms with Gasteiger partial charge in [0.2, 0.25) is 5.95 Å². The van der Waals surface area contributed by atoms with Crippen molar-refractivity contribution in [3.05, 3.63) is 46.2 Å². The lowest BCUT2D eigenvalue weighted by atomic mass is 10.0. The predicted molar refractivity (Wildman–Crippen MR) is 126 cm³/mol. The first-order valence-electron chi connectivity index (χ1n) is 11.0. The number of aromatic nitrogens is 3. The zero-order valence-electron chi connectivity index (χ0n) is 18.4. The Morgan fingerprint density at radius 1 is 1.22 bits per heavy atom. The first-order valence-corrected chi connectivity index (χ1v) is 11.9. The van der Waals surface area contributed by atoms with E-state index in [2.05, 4.69) is 22.0 Å². The summed E-state index contributed by atoms with van der Waals surface area (Å²) in [6.45, 7) is 2.21. The summed E-state index contributed by atoms with van der Waals surface area (Å²) in [5, 5.41) is 0.718. The monoisotopic (exact) mass is 453 g/mol. The number of nitrogens with zero attached hydrogens (tertiary/aromatic N) is 5. The van der Waals surface area contributed by atoms with Gasteiger partial charge in [0, 0.05) is 40.2 Å². The molecule has 0 saturated carbocycles. The number of thiazole rings is 1. The first kappa shape index (κ1) is 21.1. The van der Waals surface area contributed by atoms with E-state index >= 15 is 0 Å². The van der Waals surface area contributed by atoms with Crippen molar-refractivity contribution in [3.8, 4) is 0 Å². The molecule has 2 aliphatic rings. The van der Waals surface area contributed by atoms with E-state index in [0.717, 1.165) is 44.0 Å². The summed E-state index contributed by atoms with van der Waals surface area (Å²) in [6, 6.07) is 9.91. The molecule has 0 unspecified atom stereocenters. The van der Waals surface area contributed by atoms with Crippen LogP contribution >= 0.6 is 11.3 Å². The molecule has 4 heterocycles. The third-order valence-electron chi connectivity index (χ3n) is 6.44. The molecule has 0 aliphatic carbocycles. The van der Waals surface area contributed by atoms with Gasteiger partial charge in [0.1, 0.15) is 0 Å². The second kappa shape index (κ2) is 8.63. The summed E-state index contributed by atoms with van der Waals surface area (Å²) in [6.07, 6.45) is 3.20. The van der Waals surface area contributed by atoms with E-state index in [0.29, 0.717) is 22.7 Å². The Balaban J connectivity index is 1.37. The van der Waals surface area contributed by atoms with Crippen LogP contribution in [0.4, 0.5) is 11.1 Å². The second-order valence-electron chi connectivity index (χ2n) is 8.49. The van der Waals surface area contributed by atoms with Gasteiger partial charge in [-0.15, -0.1) is 0 Å². The molecule has 0 bridgehead atoms. The number of carbonyl (C=O) groups is 1. The third kappa shape index (κ3) is 3.80. The number of aryl methyl sites for hydroxylation is 1. The number of hydrogen-bond acceptors (Lipinski definition) is 8. The fraction of sp³-hybridized carbons (Fsp3) is 0.478. The molecule has 32 heavy (non-hydrogen) atoms. The van der Waals surface area contributed by atoms with Crippen molar-refractivity contribution < 1.29 is 9.53 Å². The van der Waals surface area contributed by atoms with Gasteiger partial charge in [-0.3, -0.25) is 14.2 Å². The van der Waals surface area contributed by atoms with Crippen LogP contribution in [-0.4, -0.2) is 59.2 Å². The van der Waals surface area contributed by atoms with Crippen LogP contribution in [0.15, 0.2) is 35.1 Å². The highest BCUT2D eigenvalue weighted by molar-refractivity contribution is 7.21. The Bertz CT molecular complexity index is 1190. The fourth-order valence-electron chi connectivity index (χ4n) is 4.50. The Morgan fingerprint density at radius 2 is 2.00 bits per heavy atom. The van der Waals surface area contributed by atoms with Gasteiger partial charge in [-0.2, -0.15) is 0 Å². The van der Waals surface area contributed by atoms with E-state index in [1.165, 1.54) is 16.9 Å². The molecule has 0 amide bonds. The molecule has 9 heteroatoms. The van der Waals surface area contributed by atoms with E-state index in [4.69, 9.17) is 9.72 Å². The van der Waals surface area contributed by atoms with Crippen molar-refractivity contribution in [2.24, 2.45) is 7.05 Å². The second-order valence-corrected chi connectivity index (χ2v) is 9.45. The molecule has 3 aromatic rings. The first-order chi connectivity index (χ1) is 15.5. The van der Waals surface area contributed by atoms with Gasteiger partial charge in [0.05, 0.1) is 12.1 Å². The Kier molecular flexibility index (Phi) is 5.69. The summed E-state index contributed by atoms with van der Waals surface area (Å²) in [4.78, 5) is 40.1. The highest BCUT2D eigenvalue weighted by Crippen LogP contribution is 2.33. The van der Waals surface area contributed by atoms with Crippen molar-refractivity contribution in [1.82, 2.24) is 14.5 Å². The van der Waals surface area contributed by atoms with Crippen molar-refractivity contribution >= 4 is 38.5 Å². The lowest BCUT2D eigenvalue weighted by Crippen LogP contribution is -2.53. The average Bonchev–Trinajstić information content (AvgIpc) is 3.42. The number of anilines is 2. The summed E-state index contributed by atoms with van der Waals surface area (Å²) >= 11 is 1.41.